The van der Waals surface area contributed by atoms with Crippen LogP contribution in [0.15, 0.2) is 146 Å². The summed E-state index contributed by atoms with van der Waals surface area (Å²) in [7, 11) is 0. The predicted octanol–water partition coefficient (Wildman–Crippen LogP) is 8.92. The Balaban J connectivity index is 1.29. The minimum Gasteiger partial charge on any atom is -0.308 e. The fourth-order valence-corrected chi connectivity index (χ4v) is 6.16. The number of hydrogen-bond acceptors (Lipinski definition) is 2. The second-order valence-electron chi connectivity index (χ2n) is 10.5. The predicted molar refractivity (Wildman–Crippen MR) is 169 cm³/mol. The van der Waals surface area contributed by atoms with Crippen LogP contribution in [0.4, 0.5) is 5.69 Å². The largest absolute Gasteiger partial charge is 0.308 e. The number of carbonyl (C=O) groups excluding carboxylic acids is 2. The first-order valence-corrected chi connectivity index (χ1v) is 14.0. The van der Waals surface area contributed by atoms with Crippen LogP contribution in [0.3, 0.4) is 0 Å². The van der Waals surface area contributed by atoms with E-state index in [1.54, 1.807) is 6.07 Å². The number of hydrogen-bond donors (Lipinski definition) is 0. The van der Waals surface area contributed by atoms with Crippen molar-refractivity contribution >= 4 is 39.3 Å². The van der Waals surface area contributed by atoms with Crippen molar-refractivity contribution < 1.29 is 9.59 Å². The minimum absolute atomic E-state index is 0.310. The molecule has 2 amide bonds. The van der Waals surface area contributed by atoms with E-state index in [0.29, 0.717) is 22.5 Å². The molecule has 6 aromatic carbocycles. The standard InChI is InChI=1S/C38H24N2O2/c41-37-32-15-9-17-34(36(32)38(42)39(37)29-21-18-27(19-22-29)25-10-3-1-4-11-25)40-33-16-8-7-14-30(33)31-23-20-28(24-35(31)40)26-12-5-2-6-13-26/h1-24H. The quantitative estimate of drug-likeness (QED) is 0.209. The molecule has 0 N–H and O–H groups in total. The van der Waals surface area contributed by atoms with Crippen LogP contribution < -0.4 is 4.90 Å². The second kappa shape index (κ2) is 9.43. The number of aromatic nitrogens is 1. The average Bonchev–Trinajstić information content (AvgIpc) is 3.52. The Kier molecular flexibility index (Phi) is 5.41. The zero-order chi connectivity index (χ0) is 28.2. The maximum absolute atomic E-state index is 14.1. The van der Waals surface area contributed by atoms with Crippen LogP contribution >= 0.6 is 0 Å². The smallest absolute Gasteiger partial charge is 0.268 e. The number of anilines is 1. The van der Waals surface area contributed by atoms with Gasteiger partial charge in [-0.3, -0.25) is 9.59 Å². The lowest BCUT2D eigenvalue weighted by molar-refractivity contribution is 0.0926. The van der Waals surface area contributed by atoms with Crippen LogP contribution in [-0.2, 0) is 0 Å². The highest BCUT2D eigenvalue weighted by atomic mass is 16.2. The number of benzene rings is 6. The zero-order valence-electron chi connectivity index (χ0n) is 22.6. The number of imide groups is 1. The van der Waals surface area contributed by atoms with Crippen molar-refractivity contribution in [2.24, 2.45) is 0 Å². The third kappa shape index (κ3) is 3.62. The average molecular weight is 541 g/mol. The molecule has 0 radical (unpaired) electrons. The summed E-state index contributed by atoms with van der Waals surface area (Å²) in [6.45, 7) is 0. The van der Waals surface area contributed by atoms with E-state index in [1.807, 2.05) is 97.1 Å². The van der Waals surface area contributed by atoms with Gasteiger partial charge in [0.1, 0.15) is 0 Å². The van der Waals surface area contributed by atoms with Gasteiger partial charge in [-0.2, -0.15) is 0 Å². The highest BCUT2D eigenvalue weighted by Gasteiger charge is 2.39. The number of rotatable bonds is 4. The van der Waals surface area contributed by atoms with E-state index in [9.17, 15) is 9.59 Å². The van der Waals surface area contributed by atoms with Gasteiger partial charge in [-0.05, 0) is 58.7 Å². The maximum Gasteiger partial charge on any atom is 0.268 e. The SMILES string of the molecule is O=C1c2cccc(-n3c4ccccc4c4ccc(-c5ccccc5)cc43)c2C(=O)N1c1ccc(-c2ccccc2)cc1. The van der Waals surface area contributed by atoms with Gasteiger partial charge in [-0.1, -0.05) is 109 Å². The van der Waals surface area contributed by atoms with Crippen LogP contribution in [0.25, 0.3) is 49.7 Å². The van der Waals surface area contributed by atoms with E-state index in [4.69, 9.17) is 0 Å². The molecule has 198 valence electrons. The monoisotopic (exact) mass is 540 g/mol. The Hall–Kier alpha value is -5.74. The van der Waals surface area contributed by atoms with Gasteiger partial charge < -0.3 is 4.57 Å². The zero-order valence-corrected chi connectivity index (χ0v) is 22.6. The van der Waals surface area contributed by atoms with Gasteiger partial charge in [0.2, 0.25) is 0 Å². The number of fused-ring (bicyclic) bond motifs is 4. The van der Waals surface area contributed by atoms with Crippen molar-refractivity contribution in [2.75, 3.05) is 4.90 Å². The first kappa shape index (κ1) is 24.1. The Bertz CT molecular complexity index is 2160. The van der Waals surface area contributed by atoms with Crippen molar-refractivity contribution in [1.82, 2.24) is 4.57 Å². The number of carbonyl (C=O) groups is 2. The summed E-state index contributed by atoms with van der Waals surface area (Å²) in [4.78, 5) is 29.2. The number of nitrogens with zero attached hydrogens (tertiary/aromatic N) is 2. The molecular weight excluding hydrogens is 516 g/mol. The lowest BCUT2D eigenvalue weighted by Gasteiger charge is -2.15. The van der Waals surface area contributed by atoms with Crippen molar-refractivity contribution in [3.05, 3.63) is 157 Å². The Labute approximate surface area is 242 Å². The van der Waals surface area contributed by atoms with Gasteiger partial charge in [0.05, 0.1) is 33.5 Å². The molecule has 0 fully saturated rings. The molecule has 2 heterocycles. The Morgan fingerprint density at radius 3 is 1.76 bits per heavy atom. The van der Waals surface area contributed by atoms with E-state index >= 15 is 0 Å². The molecule has 0 saturated heterocycles. The molecule has 0 spiro atoms. The van der Waals surface area contributed by atoms with E-state index in [0.717, 1.165) is 44.1 Å². The van der Waals surface area contributed by atoms with Gasteiger partial charge in [-0.25, -0.2) is 4.90 Å². The molecule has 4 nitrogen and oxygen atoms in total. The van der Waals surface area contributed by atoms with Crippen molar-refractivity contribution in [3.63, 3.8) is 0 Å². The summed E-state index contributed by atoms with van der Waals surface area (Å²) in [5, 5.41) is 2.18. The van der Waals surface area contributed by atoms with Gasteiger partial charge >= 0.3 is 0 Å². The summed E-state index contributed by atoms with van der Waals surface area (Å²) in [6, 6.07) is 48.1. The first-order valence-electron chi connectivity index (χ1n) is 14.0. The molecule has 0 aliphatic carbocycles. The summed E-state index contributed by atoms with van der Waals surface area (Å²) < 4.78 is 2.13. The Morgan fingerprint density at radius 2 is 1.02 bits per heavy atom. The molecule has 4 heteroatoms. The molecule has 1 aliphatic rings. The first-order chi connectivity index (χ1) is 20.7. The Morgan fingerprint density at radius 1 is 0.429 bits per heavy atom. The summed E-state index contributed by atoms with van der Waals surface area (Å²) in [5.41, 5.74) is 8.36. The van der Waals surface area contributed by atoms with Crippen LogP contribution in [0, 0.1) is 0 Å². The molecule has 0 bridgehead atoms. The van der Waals surface area contributed by atoms with Gasteiger partial charge in [0.25, 0.3) is 11.8 Å². The van der Waals surface area contributed by atoms with Crippen LogP contribution in [0.5, 0.6) is 0 Å². The fraction of sp³-hybridized carbons (Fsp3) is 0. The van der Waals surface area contributed by atoms with Crippen molar-refractivity contribution in [2.45, 2.75) is 0 Å². The molecular formula is C38H24N2O2. The lowest BCUT2D eigenvalue weighted by atomic mass is 10.0. The normalized spacial score (nSPS) is 12.8. The summed E-state index contributed by atoms with van der Waals surface area (Å²) in [5.74, 6) is -0.627. The van der Waals surface area contributed by atoms with Gasteiger partial charge in [0.15, 0.2) is 0 Å². The lowest BCUT2D eigenvalue weighted by Crippen LogP contribution is -2.29. The molecule has 0 atom stereocenters. The molecule has 0 saturated carbocycles. The molecule has 0 unspecified atom stereocenters. The summed E-state index contributed by atoms with van der Waals surface area (Å²) >= 11 is 0. The van der Waals surface area contributed by atoms with Gasteiger partial charge in [0, 0.05) is 10.8 Å². The van der Waals surface area contributed by atoms with E-state index in [-0.39, 0.29) is 11.8 Å². The van der Waals surface area contributed by atoms with Crippen LogP contribution in [-0.4, -0.2) is 16.4 Å². The third-order valence-electron chi connectivity index (χ3n) is 8.15. The van der Waals surface area contributed by atoms with Gasteiger partial charge in [-0.15, -0.1) is 0 Å². The highest BCUT2D eigenvalue weighted by molar-refractivity contribution is 6.35. The summed E-state index contributed by atoms with van der Waals surface area (Å²) in [6.07, 6.45) is 0. The molecule has 7 aromatic rings. The fourth-order valence-electron chi connectivity index (χ4n) is 6.16. The molecule has 42 heavy (non-hydrogen) atoms. The molecule has 1 aromatic heterocycles. The number of para-hydroxylation sites is 1. The maximum atomic E-state index is 14.1. The number of amides is 2. The highest BCUT2D eigenvalue weighted by Crippen LogP contribution is 2.39. The van der Waals surface area contributed by atoms with E-state index in [1.165, 1.54) is 4.90 Å². The van der Waals surface area contributed by atoms with Crippen molar-refractivity contribution in [1.29, 1.82) is 0 Å². The topological polar surface area (TPSA) is 42.3 Å². The third-order valence-corrected chi connectivity index (χ3v) is 8.15. The van der Waals surface area contributed by atoms with Crippen molar-refractivity contribution in [3.8, 4) is 27.9 Å². The molecule has 1 aliphatic heterocycles. The van der Waals surface area contributed by atoms with Crippen LogP contribution in [0.1, 0.15) is 20.7 Å². The second-order valence-corrected chi connectivity index (χ2v) is 10.5. The molecule has 8 rings (SSSR count). The van der Waals surface area contributed by atoms with Crippen LogP contribution in [0.2, 0.25) is 0 Å². The van der Waals surface area contributed by atoms with E-state index < -0.39 is 0 Å². The van der Waals surface area contributed by atoms with E-state index in [2.05, 4.69) is 47.0 Å². The minimum atomic E-state index is -0.316.